The monoisotopic (exact) mass is 2080 g/mol. The second kappa shape index (κ2) is 50.6. The van der Waals surface area contributed by atoms with E-state index in [0.717, 1.165) is 34.6 Å². The van der Waals surface area contributed by atoms with Crippen molar-refractivity contribution in [2.75, 3.05) is 66.1 Å². The minimum Gasteiger partial charge on any atom is -0.477 e. The number of amides is 5. The molecule has 0 bridgehead atoms. The summed E-state index contributed by atoms with van der Waals surface area (Å²) in [6.45, 7) is -5.99. The third-order valence-corrected chi connectivity index (χ3v) is 25.9. The van der Waals surface area contributed by atoms with E-state index in [1.165, 1.54) is 6.92 Å². The fraction of sp³-hybridized carbons (Fsp3) is 0.924. The van der Waals surface area contributed by atoms with Gasteiger partial charge in [0.15, 0.2) is 62.9 Å². The average molecular weight is 2080 g/mol. The number of aliphatic hydroxyl groups is 30. The number of carboxylic acids is 1. The largest absolute Gasteiger partial charge is 0.477 e. The average Bonchev–Trinajstić information content (AvgIpc) is 0.764. The fourth-order valence-electron chi connectivity index (χ4n) is 18.3. The van der Waals surface area contributed by atoms with Gasteiger partial charge in [-0.2, -0.15) is 0 Å². The molecule has 63 nitrogen and oxygen atoms in total. The van der Waals surface area contributed by atoms with E-state index < -0.39 is 451 Å². The van der Waals surface area contributed by atoms with Crippen LogP contribution in [0.4, 0.5) is 0 Å². The second-order valence-corrected chi connectivity index (χ2v) is 36.0. The van der Waals surface area contributed by atoms with Gasteiger partial charge >= 0.3 is 5.97 Å². The number of carboxylic acid groups (broad SMARTS) is 1. The van der Waals surface area contributed by atoms with Crippen LogP contribution in [0.15, 0.2) is 0 Å². The summed E-state index contributed by atoms with van der Waals surface area (Å²) in [5.74, 6) is -10.0. The first-order valence-corrected chi connectivity index (χ1v) is 45.1. The van der Waals surface area contributed by atoms with Gasteiger partial charge in [-0.3, -0.25) is 24.0 Å². The lowest BCUT2D eigenvalue weighted by Crippen LogP contribution is -2.71. The minimum absolute atomic E-state index is 0.848. The van der Waals surface area contributed by atoms with Crippen LogP contribution in [0.25, 0.3) is 0 Å². The number of rotatable bonds is 38. The van der Waals surface area contributed by atoms with Crippen molar-refractivity contribution in [2.45, 2.75) is 391 Å². The highest BCUT2D eigenvalue weighted by Gasteiger charge is 2.64. The summed E-state index contributed by atoms with van der Waals surface area (Å²) >= 11 is 0. The summed E-state index contributed by atoms with van der Waals surface area (Å²) in [5, 5.41) is 360. The van der Waals surface area contributed by atoms with Gasteiger partial charge in [-0.1, -0.05) is 0 Å². The molecule has 5 amide bonds. The van der Waals surface area contributed by atoms with Gasteiger partial charge in [0.25, 0.3) is 5.79 Å². The number of hydrogen-bond donors (Lipinski definition) is 36. The van der Waals surface area contributed by atoms with Crippen LogP contribution in [0.1, 0.15) is 48.0 Å². The van der Waals surface area contributed by atoms with E-state index in [9.17, 15) is 187 Å². The lowest BCUT2D eigenvalue weighted by atomic mass is 9.88. The van der Waals surface area contributed by atoms with Gasteiger partial charge in [-0.25, -0.2) is 4.79 Å². The van der Waals surface area contributed by atoms with Gasteiger partial charge < -0.3 is 284 Å². The van der Waals surface area contributed by atoms with Crippen molar-refractivity contribution in [3.8, 4) is 0 Å². The van der Waals surface area contributed by atoms with Gasteiger partial charge in [0, 0.05) is 41.0 Å². The highest BCUT2D eigenvalue weighted by molar-refractivity contribution is 5.77. The zero-order valence-electron chi connectivity index (χ0n) is 76.4. The van der Waals surface area contributed by atoms with Gasteiger partial charge in [0.1, 0.15) is 256 Å². The van der Waals surface area contributed by atoms with Crippen LogP contribution < -0.4 is 26.6 Å². The lowest BCUT2D eigenvalue weighted by molar-refractivity contribution is -0.399. The molecule has 142 heavy (non-hydrogen) atoms. The van der Waals surface area contributed by atoms with Crippen molar-refractivity contribution in [2.24, 2.45) is 0 Å². The lowest BCUT2D eigenvalue weighted by Gasteiger charge is -2.51. The SMILES string of the molecule is CC(=O)N[C@@H]1[C@@H](O)[C@H](O[C@@H]2O[C@H](CO)[C@@H](O[C@@H]3O[C@H](CO[C@H]4O[C@H](CO)[C@@H](O)[C@H](O)[C@@H]4O[C@@H]4O[C@H](CO)[C@@H](O[C@@H]5O[C@H](CO)[C@H](O)[C@H](O)[C@H]5O)[C@H](O)[C@H]4NC(C)=O)[C@@H](O)[C@H](O[C@H]4O[C@H](CO)[C@@H](O)[C@H](O)[C@@H]4O[C@@H]4O[C@H](CO)[C@@H](O[C@@H]5O[C@H](CO[C@]6(C(=O)O)C[C@H](O)[C@@H](NC(C)=O)[C@H]([C@H](O)[C@H](O)CO)O6)[C@H](O)[C@H](O)[C@H]5O)[C@H](O)[C@H]4NC(C)=O)[C@@H]3O)[C@H](O)[C@H]2NC(C)=O)[C@@H](CO[C@@H]2O[C@@H](C)[C@@H](O)[C@@H](O)[C@@H]2O)O[C@@H]1O. The molecule has 0 saturated carbocycles. The molecular formula is C79H131N5O58. The standard InChI is InChI=1S/C79H131N5O58/c1-18-40(99)51(110)56(115)72(125-18)122-16-34-63(47(106)36(68(119)126-34)81-20(3)93)135-69-37(82-21(4)94)48(107)62(31(14-91)130-69)138-75-59(118)65(46(105)32(133-75)15-123-76-66(54(113)43(102)27(10-87)128-76)140-70-38(83-22(5)95)49(108)60(29(12-89)131-70)136-73-57(116)52(111)42(101)26(9-86)127-73)139-77-67(55(114)44(103)28(11-88)129-77)141-71-39(84-23(6)96)50(109)61(30(13-90)132-71)137-74-58(117)53(112)45(104)33(134-74)17-124-79(78(120)121)7-24(97)35(80-19(2)92)64(142-79)41(100)25(98)8-85/h18,24-77,85-91,97-119H,7-17H2,1-6H3,(H,80,92)(H,81,93)(H,82,94)(H,83,95)(H,84,96)(H,120,121)/t18-,24-,25+,26+,27+,28+,29+,30+,31+,32+,33+,34+,35+,36+,37+,38+,39+,40+,41+,42-,43+,44+,45-,46+,47+,48+,49+,50+,51+,52-,53-,54-,55-,56-,57+,58+,59-,60+,61+,62+,63+,64+,65-,66-,67-,68-,69-,70-,71-,72+,73-,74-,75-,76-,77+,79+/m0/s1. The molecule has 11 rings (SSSR count). The van der Waals surface area contributed by atoms with Crippen molar-refractivity contribution in [1.29, 1.82) is 0 Å². The molecule has 11 saturated heterocycles. The first-order valence-electron chi connectivity index (χ1n) is 45.1. The maximum atomic E-state index is 13.4. The first-order chi connectivity index (χ1) is 66.9. The van der Waals surface area contributed by atoms with Crippen LogP contribution in [-0.2, 0) is 128 Å². The Balaban J connectivity index is 0.908. The fourth-order valence-corrected chi connectivity index (χ4v) is 18.3. The highest BCUT2D eigenvalue weighted by Crippen LogP contribution is 2.43. The molecule has 820 valence electrons. The molecule has 36 N–H and O–H groups in total. The molecule has 11 heterocycles. The Labute approximate surface area is 803 Å². The molecule has 0 aromatic rings. The molecule has 0 spiro atoms. The van der Waals surface area contributed by atoms with Crippen molar-refractivity contribution < 1.29 is 287 Å². The van der Waals surface area contributed by atoms with Crippen LogP contribution in [0.2, 0.25) is 0 Å². The molecule has 0 unspecified atom stereocenters. The number of aliphatic carboxylic acids is 1. The topological polar surface area (TPSA) is 984 Å². The van der Waals surface area contributed by atoms with E-state index in [0.29, 0.717) is 0 Å². The smallest absolute Gasteiger partial charge is 0.364 e. The predicted molar refractivity (Wildman–Crippen MR) is 436 cm³/mol. The summed E-state index contributed by atoms with van der Waals surface area (Å²) < 4.78 is 125. The van der Waals surface area contributed by atoms with Crippen LogP contribution in [0.5, 0.6) is 0 Å². The Kier molecular flexibility index (Phi) is 41.7. The molecule has 0 aliphatic carbocycles. The maximum absolute atomic E-state index is 13.4. The van der Waals surface area contributed by atoms with Crippen molar-refractivity contribution in [3.05, 3.63) is 0 Å². The Morgan fingerprint density at radius 2 is 0.620 bits per heavy atom. The zero-order valence-corrected chi connectivity index (χ0v) is 76.4. The van der Waals surface area contributed by atoms with Crippen LogP contribution >= 0.6 is 0 Å². The Morgan fingerprint density at radius 1 is 0.303 bits per heavy atom. The van der Waals surface area contributed by atoms with Crippen LogP contribution in [-0.4, -0.2) is 603 Å². The molecule has 11 fully saturated rings. The maximum Gasteiger partial charge on any atom is 0.364 e. The van der Waals surface area contributed by atoms with Gasteiger partial charge in [0.2, 0.25) is 29.5 Å². The Hall–Kier alpha value is -5.22. The Morgan fingerprint density at radius 3 is 1.05 bits per heavy atom. The molecule has 63 heteroatoms. The molecule has 0 aromatic carbocycles. The highest BCUT2D eigenvalue weighted by atomic mass is 16.8. The second-order valence-electron chi connectivity index (χ2n) is 36.0. The van der Waals surface area contributed by atoms with E-state index in [4.69, 9.17) is 99.5 Å². The third-order valence-electron chi connectivity index (χ3n) is 25.9. The van der Waals surface area contributed by atoms with Gasteiger partial charge in [0.05, 0.1) is 84.3 Å². The molecule has 56 atom stereocenters. The number of carbonyl (C=O) groups is 6. The molecule has 11 aliphatic rings. The first kappa shape index (κ1) is 117. The summed E-state index contributed by atoms with van der Waals surface area (Å²) in [6, 6.07) is -9.70. The molecule has 11 aliphatic heterocycles. The van der Waals surface area contributed by atoms with E-state index in [1.807, 2.05) is 0 Å². The third kappa shape index (κ3) is 26.0. The zero-order chi connectivity index (χ0) is 105. The van der Waals surface area contributed by atoms with E-state index in [1.54, 1.807) is 0 Å². The number of nitrogens with one attached hydrogen (secondary N) is 5. The summed E-state index contributed by atoms with van der Waals surface area (Å²) in [5.41, 5.74) is 0. The number of hydrogen-bond acceptors (Lipinski definition) is 57. The summed E-state index contributed by atoms with van der Waals surface area (Å²) in [4.78, 5) is 77.5. The van der Waals surface area contributed by atoms with E-state index in [-0.39, 0.29) is 0 Å². The number of carbonyl (C=O) groups excluding carboxylic acids is 5. The molecule has 0 aromatic heterocycles. The van der Waals surface area contributed by atoms with E-state index in [2.05, 4.69) is 26.6 Å². The predicted octanol–water partition coefficient (Wildman–Crippen LogP) is -24.0. The normalized spacial score (nSPS) is 48.0. The van der Waals surface area contributed by atoms with E-state index >= 15 is 0 Å². The van der Waals surface area contributed by atoms with Crippen molar-refractivity contribution in [1.82, 2.24) is 26.6 Å². The molecular weight excluding hydrogens is 1950 g/mol. The minimum atomic E-state index is -3.12. The number of ether oxygens (including phenoxy) is 21. The van der Waals surface area contributed by atoms with Crippen molar-refractivity contribution in [3.63, 3.8) is 0 Å². The summed E-state index contributed by atoms with van der Waals surface area (Å²) in [6.07, 6.45) is -110. The van der Waals surface area contributed by atoms with Crippen molar-refractivity contribution >= 4 is 35.5 Å². The van der Waals surface area contributed by atoms with Crippen LogP contribution in [0.3, 0.4) is 0 Å². The quantitative estimate of drug-likeness (QED) is 0.0273. The van der Waals surface area contributed by atoms with Gasteiger partial charge in [-0.05, 0) is 6.92 Å². The molecule has 0 radical (unpaired) electrons. The Bertz CT molecular complexity index is 4010. The number of aliphatic hydroxyl groups excluding tert-OH is 30. The van der Waals surface area contributed by atoms with Gasteiger partial charge in [-0.15, -0.1) is 0 Å². The van der Waals surface area contributed by atoms with Crippen LogP contribution in [0, 0.1) is 0 Å². The summed E-state index contributed by atoms with van der Waals surface area (Å²) in [7, 11) is 0.